The standard InChI is InChI=1S/C23H21F5N4O4/c1-11-6-18(36-10-13-15(24)4-3-5-16(13)25)20-29-12(2)19(32(20)7-11)21(33)30-17-9-31(22(34)35)8-14(17)23(26,27)28/h3-7,14,17H,8-10H2,1-2H3,(H,30,33)(H,34,35). The van der Waals surface area contributed by atoms with Crippen molar-refractivity contribution in [2.75, 3.05) is 13.1 Å². The Labute approximate surface area is 201 Å². The number of carboxylic acid groups (broad SMARTS) is 1. The maximum Gasteiger partial charge on any atom is 0.407 e. The van der Waals surface area contributed by atoms with Gasteiger partial charge in [-0.05, 0) is 37.6 Å². The van der Waals surface area contributed by atoms with Gasteiger partial charge in [0.05, 0.1) is 23.2 Å². The first kappa shape index (κ1) is 25.2. The van der Waals surface area contributed by atoms with E-state index in [9.17, 15) is 31.5 Å². The van der Waals surface area contributed by atoms with Crippen molar-refractivity contribution in [3.05, 3.63) is 64.6 Å². The highest BCUT2D eigenvalue weighted by molar-refractivity contribution is 5.95. The molecule has 0 radical (unpaired) electrons. The van der Waals surface area contributed by atoms with Crippen molar-refractivity contribution in [3.63, 3.8) is 0 Å². The number of benzene rings is 1. The lowest BCUT2D eigenvalue weighted by Crippen LogP contribution is -2.45. The van der Waals surface area contributed by atoms with Crippen LogP contribution in [0.15, 0.2) is 30.5 Å². The van der Waals surface area contributed by atoms with Crippen LogP contribution in [0, 0.1) is 31.4 Å². The predicted molar refractivity (Wildman–Crippen MR) is 116 cm³/mol. The number of likely N-dealkylation sites (tertiary alicyclic amines) is 1. The summed E-state index contributed by atoms with van der Waals surface area (Å²) in [6.45, 7) is 1.35. The molecule has 2 unspecified atom stereocenters. The van der Waals surface area contributed by atoms with E-state index in [1.54, 1.807) is 13.0 Å². The monoisotopic (exact) mass is 512 g/mol. The second kappa shape index (κ2) is 9.28. The minimum Gasteiger partial charge on any atom is -0.485 e. The fourth-order valence-electron chi connectivity index (χ4n) is 4.23. The number of aromatic nitrogens is 2. The molecule has 1 aliphatic rings. The highest BCUT2D eigenvalue weighted by Gasteiger charge is 2.51. The van der Waals surface area contributed by atoms with Gasteiger partial charge in [0.2, 0.25) is 0 Å². The second-order valence-corrected chi connectivity index (χ2v) is 8.53. The number of nitrogens with one attached hydrogen (secondary N) is 1. The van der Waals surface area contributed by atoms with E-state index in [0.717, 1.165) is 12.1 Å². The predicted octanol–water partition coefficient (Wildman–Crippen LogP) is 4.08. The fourth-order valence-corrected chi connectivity index (χ4v) is 4.23. The Kier molecular flexibility index (Phi) is 6.50. The summed E-state index contributed by atoms with van der Waals surface area (Å²) < 4.78 is 75.4. The van der Waals surface area contributed by atoms with E-state index in [0.29, 0.717) is 10.5 Å². The van der Waals surface area contributed by atoms with Crippen LogP contribution in [0.25, 0.3) is 5.65 Å². The lowest BCUT2D eigenvalue weighted by Gasteiger charge is -2.21. The number of halogens is 5. The number of carbonyl (C=O) groups is 2. The van der Waals surface area contributed by atoms with E-state index in [4.69, 9.17) is 9.84 Å². The van der Waals surface area contributed by atoms with Crippen molar-refractivity contribution in [1.29, 1.82) is 0 Å². The van der Waals surface area contributed by atoms with Crippen molar-refractivity contribution in [2.45, 2.75) is 32.7 Å². The summed E-state index contributed by atoms with van der Waals surface area (Å²) in [6, 6.07) is 3.43. The molecule has 4 rings (SSSR count). The molecule has 36 heavy (non-hydrogen) atoms. The first-order chi connectivity index (χ1) is 16.9. The van der Waals surface area contributed by atoms with E-state index in [2.05, 4.69) is 10.3 Å². The van der Waals surface area contributed by atoms with Gasteiger partial charge >= 0.3 is 12.3 Å². The molecule has 192 valence electrons. The summed E-state index contributed by atoms with van der Waals surface area (Å²) in [5.41, 5.74) is 0.470. The topological polar surface area (TPSA) is 96.2 Å². The van der Waals surface area contributed by atoms with E-state index in [1.165, 1.54) is 23.6 Å². The summed E-state index contributed by atoms with van der Waals surface area (Å²) in [4.78, 5) is 29.2. The molecule has 0 spiro atoms. The summed E-state index contributed by atoms with van der Waals surface area (Å²) >= 11 is 0. The quantitative estimate of drug-likeness (QED) is 0.503. The van der Waals surface area contributed by atoms with E-state index in [1.807, 2.05) is 0 Å². The van der Waals surface area contributed by atoms with Gasteiger partial charge < -0.3 is 20.1 Å². The van der Waals surface area contributed by atoms with Gasteiger partial charge in [-0.25, -0.2) is 18.6 Å². The van der Waals surface area contributed by atoms with E-state index < -0.39 is 61.5 Å². The number of rotatable bonds is 5. The lowest BCUT2D eigenvalue weighted by atomic mass is 10.0. The van der Waals surface area contributed by atoms with Crippen LogP contribution in [0.3, 0.4) is 0 Å². The van der Waals surface area contributed by atoms with Crippen LogP contribution in [0.4, 0.5) is 26.7 Å². The molecule has 1 fully saturated rings. The number of ether oxygens (including phenoxy) is 1. The van der Waals surface area contributed by atoms with Crippen molar-refractivity contribution in [3.8, 4) is 5.75 Å². The number of nitrogens with zero attached hydrogens (tertiary/aromatic N) is 3. The SMILES string of the molecule is Cc1cc(OCc2c(F)cccc2F)c2nc(C)c(C(=O)NC3CN(C(=O)O)CC3C(F)(F)F)n2c1. The molecule has 2 aromatic heterocycles. The molecule has 2 amide bonds. The number of carbonyl (C=O) groups excluding carboxylic acids is 1. The summed E-state index contributed by atoms with van der Waals surface area (Å²) in [5, 5.41) is 11.4. The van der Waals surface area contributed by atoms with Gasteiger partial charge in [-0.1, -0.05) is 6.07 Å². The van der Waals surface area contributed by atoms with Crippen LogP contribution in [0.5, 0.6) is 5.75 Å². The molecular weight excluding hydrogens is 491 g/mol. The van der Waals surface area contributed by atoms with Crippen LogP contribution in [0.1, 0.15) is 27.3 Å². The zero-order chi connectivity index (χ0) is 26.4. The van der Waals surface area contributed by atoms with Crippen molar-refractivity contribution in [1.82, 2.24) is 19.6 Å². The van der Waals surface area contributed by atoms with E-state index in [-0.39, 0.29) is 28.3 Å². The number of fused-ring (bicyclic) bond motifs is 1. The van der Waals surface area contributed by atoms with Crippen molar-refractivity contribution < 1.29 is 41.4 Å². The number of pyridine rings is 1. The van der Waals surface area contributed by atoms with Crippen LogP contribution in [0.2, 0.25) is 0 Å². The second-order valence-electron chi connectivity index (χ2n) is 8.53. The maximum atomic E-state index is 14.0. The van der Waals surface area contributed by atoms with Gasteiger partial charge in [-0.2, -0.15) is 13.2 Å². The molecule has 0 saturated carbocycles. The summed E-state index contributed by atoms with van der Waals surface area (Å²) in [7, 11) is 0. The van der Waals surface area contributed by atoms with Gasteiger partial charge in [-0.3, -0.25) is 9.20 Å². The third kappa shape index (κ3) is 4.77. The van der Waals surface area contributed by atoms with E-state index >= 15 is 0 Å². The van der Waals surface area contributed by atoms with Gasteiger partial charge in [0.15, 0.2) is 11.4 Å². The molecule has 13 heteroatoms. The molecule has 0 bridgehead atoms. The maximum absolute atomic E-state index is 14.0. The first-order valence-electron chi connectivity index (χ1n) is 10.8. The van der Waals surface area contributed by atoms with Crippen LogP contribution >= 0.6 is 0 Å². The summed E-state index contributed by atoms with van der Waals surface area (Å²) in [6.07, 6.45) is -4.73. The zero-order valence-electron chi connectivity index (χ0n) is 19.1. The fraction of sp³-hybridized carbons (Fsp3) is 0.348. The third-order valence-corrected chi connectivity index (χ3v) is 5.97. The average Bonchev–Trinajstić information content (AvgIpc) is 3.34. The van der Waals surface area contributed by atoms with Crippen molar-refractivity contribution >= 4 is 17.6 Å². The van der Waals surface area contributed by atoms with Crippen LogP contribution < -0.4 is 10.1 Å². The highest BCUT2D eigenvalue weighted by Crippen LogP contribution is 2.34. The molecule has 1 saturated heterocycles. The molecule has 8 nitrogen and oxygen atoms in total. The molecule has 2 N–H and O–H groups in total. The molecule has 3 heterocycles. The Bertz CT molecular complexity index is 1320. The Morgan fingerprint density at radius 1 is 1.19 bits per heavy atom. The largest absolute Gasteiger partial charge is 0.485 e. The minimum atomic E-state index is -4.73. The van der Waals surface area contributed by atoms with Gasteiger partial charge in [0.25, 0.3) is 5.91 Å². The number of alkyl halides is 3. The van der Waals surface area contributed by atoms with Gasteiger partial charge in [0.1, 0.15) is 23.9 Å². The average molecular weight is 512 g/mol. The van der Waals surface area contributed by atoms with Crippen LogP contribution in [-0.2, 0) is 6.61 Å². The van der Waals surface area contributed by atoms with Crippen LogP contribution in [-0.4, -0.2) is 56.7 Å². The molecule has 1 aliphatic heterocycles. The number of hydrogen-bond acceptors (Lipinski definition) is 4. The van der Waals surface area contributed by atoms with Gasteiger partial charge in [-0.15, -0.1) is 0 Å². The molecular formula is C23H21F5N4O4. The first-order valence-corrected chi connectivity index (χ1v) is 10.8. The third-order valence-electron chi connectivity index (χ3n) is 5.97. The number of hydrogen-bond donors (Lipinski definition) is 2. The summed E-state index contributed by atoms with van der Waals surface area (Å²) in [5.74, 6) is -4.46. The Balaban J connectivity index is 1.64. The van der Waals surface area contributed by atoms with Gasteiger partial charge in [0, 0.05) is 19.3 Å². The minimum absolute atomic E-state index is 0.0784. The lowest BCUT2D eigenvalue weighted by molar-refractivity contribution is -0.174. The smallest absolute Gasteiger partial charge is 0.407 e. The Morgan fingerprint density at radius 3 is 2.47 bits per heavy atom. The number of aryl methyl sites for hydroxylation is 2. The number of imidazole rings is 1. The molecule has 3 aromatic rings. The normalized spacial score (nSPS) is 18.0. The number of amides is 2. The van der Waals surface area contributed by atoms with Crippen molar-refractivity contribution in [2.24, 2.45) is 5.92 Å². The zero-order valence-corrected chi connectivity index (χ0v) is 19.1. The Hall–Kier alpha value is -3.90. The molecule has 0 aliphatic carbocycles. The molecule has 1 aromatic carbocycles. The Morgan fingerprint density at radius 2 is 1.86 bits per heavy atom. The molecule has 2 atom stereocenters. The highest BCUT2D eigenvalue weighted by atomic mass is 19.4.